The molecule has 0 aliphatic rings. The number of carbonyl (C=O) groups is 1. The van der Waals surface area contributed by atoms with Crippen LogP contribution in [-0.2, 0) is 4.79 Å². The fourth-order valence-corrected chi connectivity index (χ4v) is 1.56. The van der Waals surface area contributed by atoms with Crippen LogP contribution in [0.4, 0.5) is 6.01 Å². The molecule has 0 aliphatic carbocycles. The van der Waals surface area contributed by atoms with E-state index in [1.807, 2.05) is 0 Å². The second kappa shape index (κ2) is 6.19. The molecule has 6 nitrogen and oxygen atoms in total. The number of methoxy groups -OCH3 is 1. The predicted octanol–water partition coefficient (Wildman–Crippen LogP) is 2.31. The Balaban J connectivity index is 2.09. The maximum atomic E-state index is 11.3. The molecule has 0 spiro atoms. The lowest BCUT2D eigenvalue weighted by Crippen LogP contribution is -2.11. The van der Waals surface area contributed by atoms with Crippen LogP contribution in [0.1, 0.15) is 6.42 Å². The molecular weight excluding hydrogens is 270 g/mol. The summed E-state index contributed by atoms with van der Waals surface area (Å²) in [4.78, 5) is 11.3. The van der Waals surface area contributed by atoms with Gasteiger partial charge in [-0.05, 0) is 24.3 Å². The lowest BCUT2D eigenvalue weighted by atomic mass is 10.2. The number of benzene rings is 1. The molecule has 0 aliphatic heterocycles. The number of rotatable bonds is 5. The second-order valence-corrected chi connectivity index (χ2v) is 4.01. The molecule has 2 aromatic rings. The van der Waals surface area contributed by atoms with E-state index in [-0.39, 0.29) is 24.2 Å². The van der Waals surface area contributed by atoms with Crippen LogP contribution in [-0.4, -0.2) is 29.1 Å². The Labute approximate surface area is 114 Å². The van der Waals surface area contributed by atoms with Crippen LogP contribution in [0, 0.1) is 0 Å². The average Bonchev–Trinajstić information content (AvgIpc) is 2.87. The summed E-state index contributed by atoms with van der Waals surface area (Å²) in [5.74, 6) is 1.04. The van der Waals surface area contributed by atoms with Gasteiger partial charge in [0.1, 0.15) is 5.75 Å². The molecule has 1 aromatic carbocycles. The molecular formula is C12H12ClN3O3. The summed E-state index contributed by atoms with van der Waals surface area (Å²) in [5, 5.41) is 10.1. The molecule has 0 unspecified atom stereocenters. The van der Waals surface area contributed by atoms with Crippen LogP contribution in [0.2, 0.25) is 0 Å². The number of halogens is 1. The summed E-state index contributed by atoms with van der Waals surface area (Å²) < 4.78 is 10.4. The number of carbonyl (C=O) groups excluding carboxylic acids is 1. The van der Waals surface area contributed by atoms with Crippen LogP contribution >= 0.6 is 11.6 Å². The highest BCUT2D eigenvalue weighted by atomic mass is 35.5. The van der Waals surface area contributed by atoms with E-state index in [0.29, 0.717) is 5.89 Å². The molecule has 1 heterocycles. The lowest BCUT2D eigenvalue weighted by molar-refractivity contribution is -0.115. The third-order valence-corrected chi connectivity index (χ3v) is 2.52. The SMILES string of the molecule is COc1ccc(-c2nnc(NC(=O)CCCl)o2)cc1. The monoisotopic (exact) mass is 281 g/mol. The van der Waals surface area contributed by atoms with E-state index in [0.717, 1.165) is 11.3 Å². The smallest absolute Gasteiger partial charge is 0.322 e. The van der Waals surface area contributed by atoms with Crippen molar-refractivity contribution < 1.29 is 13.9 Å². The summed E-state index contributed by atoms with van der Waals surface area (Å²) in [7, 11) is 1.59. The highest BCUT2D eigenvalue weighted by Crippen LogP contribution is 2.22. The number of alkyl halides is 1. The molecule has 0 saturated heterocycles. The normalized spacial score (nSPS) is 10.2. The maximum Gasteiger partial charge on any atom is 0.322 e. The van der Waals surface area contributed by atoms with Crippen LogP contribution in [0.3, 0.4) is 0 Å². The largest absolute Gasteiger partial charge is 0.497 e. The minimum atomic E-state index is -0.264. The number of nitrogens with zero attached hydrogens (tertiary/aromatic N) is 2. The minimum Gasteiger partial charge on any atom is -0.497 e. The molecule has 1 amide bonds. The van der Waals surface area contributed by atoms with Gasteiger partial charge in [-0.2, -0.15) is 0 Å². The summed E-state index contributed by atoms with van der Waals surface area (Å²) in [6.45, 7) is 0. The molecule has 0 atom stereocenters. The number of ether oxygens (including phenoxy) is 1. The molecule has 0 saturated carbocycles. The molecule has 1 aromatic heterocycles. The zero-order chi connectivity index (χ0) is 13.7. The van der Waals surface area contributed by atoms with Crippen LogP contribution in [0.25, 0.3) is 11.5 Å². The van der Waals surface area contributed by atoms with Crippen molar-refractivity contribution in [2.75, 3.05) is 18.3 Å². The second-order valence-electron chi connectivity index (χ2n) is 3.63. The van der Waals surface area contributed by atoms with Crippen LogP contribution < -0.4 is 10.1 Å². The van der Waals surface area contributed by atoms with Gasteiger partial charge < -0.3 is 9.15 Å². The predicted molar refractivity (Wildman–Crippen MR) is 70.3 cm³/mol. The van der Waals surface area contributed by atoms with E-state index < -0.39 is 0 Å². The number of nitrogens with one attached hydrogen (secondary N) is 1. The average molecular weight is 282 g/mol. The number of hydrogen-bond donors (Lipinski definition) is 1. The Hall–Kier alpha value is -2.08. The van der Waals surface area contributed by atoms with Gasteiger partial charge in [0.2, 0.25) is 11.8 Å². The summed E-state index contributed by atoms with van der Waals surface area (Å²) in [6, 6.07) is 7.20. The first-order chi connectivity index (χ1) is 9.22. The topological polar surface area (TPSA) is 77.3 Å². The molecule has 1 N–H and O–H groups in total. The molecule has 0 radical (unpaired) electrons. The molecule has 2 rings (SSSR count). The van der Waals surface area contributed by atoms with Gasteiger partial charge in [0.05, 0.1) is 7.11 Å². The van der Waals surface area contributed by atoms with Gasteiger partial charge in [0, 0.05) is 17.9 Å². The molecule has 19 heavy (non-hydrogen) atoms. The van der Waals surface area contributed by atoms with Crippen molar-refractivity contribution in [1.29, 1.82) is 0 Å². The summed E-state index contributed by atoms with van der Waals surface area (Å²) in [6.07, 6.45) is 0.196. The Morgan fingerprint density at radius 1 is 1.37 bits per heavy atom. The quantitative estimate of drug-likeness (QED) is 0.851. The van der Waals surface area contributed by atoms with Crippen molar-refractivity contribution in [3.63, 3.8) is 0 Å². The number of aromatic nitrogens is 2. The van der Waals surface area contributed by atoms with Crippen molar-refractivity contribution in [2.24, 2.45) is 0 Å². The van der Waals surface area contributed by atoms with Crippen molar-refractivity contribution in [2.45, 2.75) is 6.42 Å². The van der Waals surface area contributed by atoms with Gasteiger partial charge in [-0.15, -0.1) is 16.7 Å². The van der Waals surface area contributed by atoms with E-state index in [4.69, 9.17) is 20.8 Å². The first-order valence-corrected chi connectivity index (χ1v) is 6.10. The van der Waals surface area contributed by atoms with E-state index in [1.54, 1.807) is 31.4 Å². The van der Waals surface area contributed by atoms with Crippen LogP contribution in [0.5, 0.6) is 5.75 Å². The Morgan fingerprint density at radius 2 is 2.11 bits per heavy atom. The number of anilines is 1. The Bertz CT molecular complexity index is 554. The molecule has 0 fully saturated rings. The summed E-state index contributed by atoms with van der Waals surface area (Å²) in [5.41, 5.74) is 0.742. The van der Waals surface area contributed by atoms with Crippen LogP contribution in [0.15, 0.2) is 28.7 Å². The van der Waals surface area contributed by atoms with Gasteiger partial charge >= 0.3 is 6.01 Å². The Morgan fingerprint density at radius 3 is 2.74 bits per heavy atom. The van der Waals surface area contributed by atoms with E-state index >= 15 is 0 Å². The lowest BCUT2D eigenvalue weighted by Gasteiger charge is -1.99. The van der Waals surface area contributed by atoms with E-state index in [9.17, 15) is 4.79 Å². The zero-order valence-corrected chi connectivity index (χ0v) is 11.0. The van der Waals surface area contributed by atoms with Gasteiger partial charge in [-0.3, -0.25) is 10.1 Å². The fraction of sp³-hybridized carbons (Fsp3) is 0.250. The summed E-state index contributed by atoms with van der Waals surface area (Å²) >= 11 is 5.45. The van der Waals surface area contributed by atoms with Crippen molar-refractivity contribution in [3.05, 3.63) is 24.3 Å². The third kappa shape index (κ3) is 3.45. The fourth-order valence-electron chi connectivity index (χ4n) is 1.39. The highest BCUT2D eigenvalue weighted by molar-refractivity contribution is 6.19. The van der Waals surface area contributed by atoms with E-state index in [1.165, 1.54) is 0 Å². The van der Waals surface area contributed by atoms with Gasteiger partial charge in [-0.1, -0.05) is 5.10 Å². The highest BCUT2D eigenvalue weighted by Gasteiger charge is 2.10. The van der Waals surface area contributed by atoms with Crippen molar-refractivity contribution in [3.8, 4) is 17.2 Å². The van der Waals surface area contributed by atoms with Crippen molar-refractivity contribution in [1.82, 2.24) is 10.2 Å². The molecule has 7 heteroatoms. The number of amides is 1. The maximum absolute atomic E-state index is 11.3. The van der Waals surface area contributed by atoms with Gasteiger partial charge in [-0.25, -0.2) is 0 Å². The number of hydrogen-bond acceptors (Lipinski definition) is 5. The third-order valence-electron chi connectivity index (χ3n) is 2.33. The first-order valence-electron chi connectivity index (χ1n) is 5.56. The molecule has 0 bridgehead atoms. The first kappa shape index (κ1) is 13.4. The zero-order valence-electron chi connectivity index (χ0n) is 10.2. The van der Waals surface area contributed by atoms with E-state index in [2.05, 4.69) is 15.5 Å². The Kier molecular flexibility index (Phi) is 4.35. The standard InChI is InChI=1S/C12H12ClN3O3/c1-18-9-4-2-8(3-5-9)11-15-16-12(19-11)14-10(17)6-7-13/h2-5H,6-7H2,1H3,(H,14,16,17). The van der Waals surface area contributed by atoms with Gasteiger partial charge in [0.15, 0.2) is 0 Å². The van der Waals surface area contributed by atoms with Crippen molar-refractivity contribution >= 4 is 23.5 Å². The molecule has 100 valence electrons. The van der Waals surface area contributed by atoms with Gasteiger partial charge in [0.25, 0.3) is 0 Å². The minimum absolute atomic E-state index is 0.0564.